The van der Waals surface area contributed by atoms with E-state index in [0.29, 0.717) is 31.0 Å². The van der Waals surface area contributed by atoms with Crippen LogP contribution in [0.2, 0.25) is 0 Å². The van der Waals surface area contributed by atoms with Gasteiger partial charge in [0.2, 0.25) is 0 Å². The Kier molecular flexibility index (Phi) is 12.1. The molecular weight excluding hydrogens is 520 g/mol. The second kappa shape index (κ2) is 16.3. The Morgan fingerprint density at radius 1 is 0.732 bits per heavy atom. The Bertz CT molecular complexity index is 1350. The fourth-order valence-electron chi connectivity index (χ4n) is 3.58. The lowest BCUT2D eigenvalue weighted by Gasteiger charge is -2.08. The highest BCUT2D eigenvalue weighted by molar-refractivity contribution is 5.89. The summed E-state index contributed by atoms with van der Waals surface area (Å²) in [4.78, 5) is 34.7. The number of carbonyl (C=O) groups excluding carboxylic acids is 3. The molecule has 3 aromatic carbocycles. The lowest BCUT2D eigenvalue weighted by Crippen LogP contribution is -2.07. The fourth-order valence-corrected chi connectivity index (χ4v) is 3.58. The number of hydrogen-bond donors (Lipinski definition) is 0. The molecule has 0 bridgehead atoms. The number of hydrogen-bond acceptors (Lipinski definition) is 7. The van der Waals surface area contributed by atoms with E-state index in [-0.39, 0.29) is 12.6 Å². The van der Waals surface area contributed by atoms with Gasteiger partial charge in [0.15, 0.2) is 0 Å². The molecule has 0 aliphatic carbocycles. The largest absolute Gasteiger partial charge is 0.494 e. The van der Waals surface area contributed by atoms with Gasteiger partial charge in [-0.15, -0.1) is 0 Å². The maximum absolute atomic E-state index is 12.2. The molecule has 0 saturated carbocycles. The van der Waals surface area contributed by atoms with Crippen molar-refractivity contribution in [3.8, 4) is 22.6 Å². The van der Waals surface area contributed by atoms with E-state index in [4.69, 9.17) is 18.9 Å². The Hall–Kier alpha value is -4.91. The van der Waals surface area contributed by atoms with Crippen molar-refractivity contribution in [2.24, 2.45) is 0 Å². The number of unbranched alkanes of at least 4 members (excludes halogenated alkanes) is 1. The quantitative estimate of drug-likeness (QED) is 0.0914. The van der Waals surface area contributed by atoms with Gasteiger partial charge < -0.3 is 18.9 Å². The number of benzene rings is 3. The van der Waals surface area contributed by atoms with E-state index >= 15 is 0 Å². The predicted molar refractivity (Wildman–Crippen MR) is 158 cm³/mol. The molecule has 0 fully saturated rings. The lowest BCUT2D eigenvalue weighted by molar-refractivity contribution is -0.139. The van der Waals surface area contributed by atoms with Crippen LogP contribution < -0.4 is 9.47 Å². The third-order valence-corrected chi connectivity index (χ3v) is 5.84. The van der Waals surface area contributed by atoms with Gasteiger partial charge in [0.25, 0.3) is 0 Å². The normalized spacial score (nSPS) is 10.6. The molecule has 0 saturated heterocycles. The van der Waals surface area contributed by atoms with E-state index in [1.54, 1.807) is 25.1 Å². The second-order valence-corrected chi connectivity index (χ2v) is 9.14. The minimum absolute atomic E-state index is 0.254. The summed E-state index contributed by atoms with van der Waals surface area (Å²) in [5.74, 6) is -0.102. The van der Waals surface area contributed by atoms with Gasteiger partial charge in [-0.25, -0.2) is 14.4 Å². The zero-order valence-corrected chi connectivity index (χ0v) is 23.2. The molecule has 41 heavy (non-hydrogen) atoms. The molecule has 0 heterocycles. The molecule has 3 rings (SSSR count). The van der Waals surface area contributed by atoms with Crippen LogP contribution in [0.25, 0.3) is 17.2 Å². The van der Waals surface area contributed by atoms with E-state index < -0.39 is 11.9 Å². The first-order valence-electron chi connectivity index (χ1n) is 13.3. The molecule has 0 spiro atoms. The molecular formula is C34H34O7. The highest BCUT2D eigenvalue weighted by Crippen LogP contribution is 2.23. The molecule has 0 aliphatic rings. The molecule has 0 amide bonds. The predicted octanol–water partition coefficient (Wildman–Crippen LogP) is 6.52. The van der Waals surface area contributed by atoms with Crippen LogP contribution in [0.15, 0.2) is 104 Å². The van der Waals surface area contributed by atoms with Gasteiger partial charge in [0.1, 0.15) is 11.5 Å². The number of ether oxygens (including phenoxy) is 4. The Balaban J connectivity index is 1.41. The van der Waals surface area contributed by atoms with Crippen molar-refractivity contribution in [1.29, 1.82) is 0 Å². The average molecular weight is 555 g/mol. The Morgan fingerprint density at radius 2 is 1.34 bits per heavy atom. The Labute approximate surface area is 240 Å². The van der Waals surface area contributed by atoms with E-state index in [9.17, 15) is 14.4 Å². The zero-order valence-electron chi connectivity index (χ0n) is 23.2. The summed E-state index contributed by atoms with van der Waals surface area (Å²) in [6, 6.07) is 22.7. The van der Waals surface area contributed by atoms with Crippen molar-refractivity contribution < 1.29 is 33.3 Å². The number of carbonyl (C=O) groups is 3. The van der Waals surface area contributed by atoms with Gasteiger partial charge in [-0.05, 0) is 72.4 Å². The fraction of sp³-hybridized carbons (Fsp3) is 0.206. The molecule has 0 radical (unpaired) electrons. The molecule has 3 aromatic rings. The van der Waals surface area contributed by atoms with Crippen LogP contribution in [0.1, 0.15) is 30.9 Å². The topological polar surface area (TPSA) is 88.1 Å². The maximum Gasteiger partial charge on any atom is 0.336 e. The second-order valence-electron chi connectivity index (χ2n) is 9.14. The third-order valence-electron chi connectivity index (χ3n) is 5.84. The molecule has 212 valence electrons. The Morgan fingerprint density at radius 3 is 1.98 bits per heavy atom. The first kappa shape index (κ1) is 30.6. The summed E-state index contributed by atoms with van der Waals surface area (Å²) in [5.41, 5.74) is 4.30. The summed E-state index contributed by atoms with van der Waals surface area (Å²) < 4.78 is 21.2. The molecule has 7 heteroatoms. The van der Waals surface area contributed by atoms with Crippen molar-refractivity contribution >= 4 is 24.0 Å². The monoisotopic (exact) mass is 554 g/mol. The SMILES string of the molecule is C=CC(=O)OCCc1ccc(OC(=O)C=Cc2ccc(-c3ccc(OCCCCOC(=O)C(=C)C)cc3)cc2)cc1. The molecule has 7 nitrogen and oxygen atoms in total. The van der Waals surface area contributed by atoms with E-state index in [0.717, 1.165) is 46.9 Å². The van der Waals surface area contributed by atoms with Crippen molar-refractivity contribution in [3.63, 3.8) is 0 Å². The zero-order chi connectivity index (χ0) is 29.5. The highest BCUT2D eigenvalue weighted by Gasteiger charge is 2.04. The van der Waals surface area contributed by atoms with Gasteiger partial charge in [0.05, 0.1) is 19.8 Å². The van der Waals surface area contributed by atoms with E-state index in [1.165, 1.54) is 6.08 Å². The summed E-state index contributed by atoms with van der Waals surface area (Å²) in [6.07, 6.45) is 6.26. The van der Waals surface area contributed by atoms with Crippen molar-refractivity contribution in [1.82, 2.24) is 0 Å². The van der Waals surface area contributed by atoms with Crippen LogP contribution in [0.4, 0.5) is 0 Å². The summed E-state index contributed by atoms with van der Waals surface area (Å²) >= 11 is 0. The van der Waals surface area contributed by atoms with Crippen molar-refractivity contribution in [3.05, 3.63) is 115 Å². The molecule has 0 aromatic heterocycles. The van der Waals surface area contributed by atoms with Crippen LogP contribution in [-0.4, -0.2) is 37.7 Å². The van der Waals surface area contributed by atoms with Crippen LogP contribution in [0.3, 0.4) is 0 Å². The average Bonchev–Trinajstić information content (AvgIpc) is 2.99. The molecule has 0 unspecified atom stereocenters. The van der Waals surface area contributed by atoms with Gasteiger partial charge in [-0.1, -0.05) is 61.7 Å². The third kappa shape index (κ3) is 11.0. The first-order chi connectivity index (χ1) is 19.8. The van der Waals surface area contributed by atoms with Gasteiger partial charge in [-0.3, -0.25) is 0 Å². The highest BCUT2D eigenvalue weighted by atomic mass is 16.5. The number of rotatable bonds is 15. The summed E-state index contributed by atoms with van der Waals surface area (Å²) in [6.45, 7) is 9.68. The minimum Gasteiger partial charge on any atom is -0.494 e. The van der Waals surface area contributed by atoms with Crippen LogP contribution >= 0.6 is 0 Å². The molecule has 0 N–H and O–H groups in total. The van der Waals surface area contributed by atoms with Crippen LogP contribution in [0.5, 0.6) is 11.5 Å². The maximum atomic E-state index is 12.2. The smallest absolute Gasteiger partial charge is 0.336 e. The number of esters is 3. The van der Waals surface area contributed by atoms with Crippen LogP contribution in [-0.2, 0) is 30.3 Å². The first-order valence-corrected chi connectivity index (χ1v) is 13.3. The molecule has 0 atom stereocenters. The minimum atomic E-state index is -0.481. The van der Waals surface area contributed by atoms with E-state index in [2.05, 4.69) is 13.2 Å². The lowest BCUT2D eigenvalue weighted by atomic mass is 10.0. The van der Waals surface area contributed by atoms with Gasteiger partial charge >= 0.3 is 17.9 Å². The van der Waals surface area contributed by atoms with Gasteiger partial charge in [0, 0.05) is 24.1 Å². The summed E-state index contributed by atoms with van der Waals surface area (Å²) in [5, 5.41) is 0. The molecule has 0 aliphatic heterocycles. The van der Waals surface area contributed by atoms with Crippen molar-refractivity contribution in [2.45, 2.75) is 26.2 Å². The summed E-state index contributed by atoms with van der Waals surface area (Å²) in [7, 11) is 0. The van der Waals surface area contributed by atoms with Crippen molar-refractivity contribution in [2.75, 3.05) is 19.8 Å². The standard InChI is InChI=1S/C34H34O7/c1-4-32(35)39-24-21-27-9-16-31(17-10-27)41-33(36)20-11-26-7-12-28(13-8-26)29-14-18-30(19-15-29)38-22-5-6-23-40-34(37)25(2)3/h4,7-20H,1-2,5-6,21-24H2,3H3. The van der Waals surface area contributed by atoms with Crippen LogP contribution in [0, 0.1) is 0 Å². The van der Waals surface area contributed by atoms with E-state index in [1.807, 2.05) is 60.7 Å². The van der Waals surface area contributed by atoms with Gasteiger partial charge in [-0.2, -0.15) is 0 Å².